The minimum Gasteiger partial charge on any atom is -0.396 e. The van der Waals surface area contributed by atoms with E-state index in [0.717, 1.165) is 12.8 Å². The van der Waals surface area contributed by atoms with E-state index in [0.29, 0.717) is 18.8 Å². The normalized spacial score (nSPS) is 16.3. The Morgan fingerprint density at radius 1 is 1.67 bits per heavy atom. The summed E-state index contributed by atoms with van der Waals surface area (Å²) in [5.74, 6) is 0. The minimum absolute atomic E-state index is 0.0424. The van der Waals surface area contributed by atoms with Crippen molar-refractivity contribution in [3.8, 4) is 0 Å². The molecule has 1 heterocycles. The highest BCUT2D eigenvalue weighted by Gasteiger charge is 2.41. The first-order chi connectivity index (χ1) is 8.62. The molecule has 2 rings (SSSR count). The fourth-order valence-corrected chi connectivity index (χ4v) is 1.90. The third-order valence-electron chi connectivity index (χ3n) is 3.23. The van der Waals surface area contributed by atoms with Crippen LogP contribution in [0.5, 0.6) is 0 Å². The Bertz CT molecular complexity index is 509. The van der Waals surface area contributed by atoms with Crippen molar-refractivity contribution >= 4 is 17.3 Å². The van der Waals surface area contributed by atoms with Crippen LogP contribution in [0.25, 0.3) is 0 Å². The van der Waals surface area contributed by atoms with Crippen molar-refractivity contribution in [2.45, 2.75) is 19.4 Å². The summed E-state index contributed by atoms with van der Waals surface area (Å²) in [7, 11) is 0. The van der Waals surface area contributed by atoms with Gasteiger partial charge in [0, 0.05) is 12.0 Å². The number of nitrogens with one attached hydrogen (secondary N) is 1. The molecular weight excluding hydrogens is 254 g/mol. The lowest BCUT2D eigenvalue weighted by Gasteiger charge is -2.14. The fraction of sp³-hybridized carbons (Fsp3) is 0.500. The van der Waals surface area contributed by atoms with Gasteiger partial charge in [-0.3, -0.25) is 4.79 Å². The van der Waals surface area contributed by atoms with Crippen LogP contribution in [0.2, 0.25) is 5.02 Å². The first kappa shape index (κ1) is 13.1. The zero-order chi connectivity index (χ0) is 13.2. The van der Waals surface area contributed by atoms with E-state index in [1.807, 2.05) is 0 Å². The molecule has 98 valence electrons. The zero-order valence-electron chi connectivity index (χ0n) is 10.0. The summed E-state index contributed by atoms with van der Waals surface area (Å²) in [5, 5.41) is 16.4. The molecule has 2 N–H and O–H groups in total. The average Bonchev–Trinajstić information content (AvgIpc) is 3.15. The number of aliphatic hydroxyl groups excluding tert-OH is 1. The molecule has 1 aliphatic rings. The topological polar surface area (TPSA) is 67.2 Å². The average molecular weight is 270 g/mol. The number of rotatable bonds is 6. The molecule has 0 amide bonds. The van der Waals surface area contributed by atoms with Crippen molar-refractivity contribution in [3.05, 3.63) is 34.2 Å². The van der Waals surface area contributed by atoms with Crippen molar-refractivity contribution < 1.29 is 5.11 Å². The van der Waals surface area contributed by atoms with Gasteiger partial charge in [-0.1, -0.05) is 17.7 Å². The molecular formula is C12H16ClN3O2. The molecule has 1 aromatic rings. The van der Waals surface area contributed by atoms with Gasteiger partial charge < -0.3 is 10.4 Å². The van der Waals surface area contributed by atoms with Crippen molar-refractivity contribution in [2.75, 3.05) is 18.5 Å². The Morgan fingerprint density at radius 3 is 2.94 bits per heavy atom. The van der Waals surface area contributed by atoms with Gasteiger partial charge in [0.25, 0.3) is 5.56 Å². The second-order valence-corrected chi connectivity index (χ2v) is 5.04. The van der Waals surface area contributed by atoms with Crippen LogP contribution in [0.3, 0.4) is 0 Å². The molecule has 5 nitrogen and oxygen atoms in total. The van der Waals surface area contributed by atoms with Gasteiger partial charge in [0.05, 0.1) is 25.0 Å². The molecule has 0 atom stereocenters. The van der Waals surface area contributed by atoms with Gasteiger partial charge >= 0.3 is 0 Å². The van der Waals surface area contributed by atoms with Crippen LogP contribution >= 0.6 is 11.6 Å². The number of hydrogen-bond donors (Lipinski definition) is 2. The molecule has 0 radical (unpaired) electrons. The zero-order valence-corrected chi connectivity index (χ0v) is 10.8. The minimum atomic E-state index is -0.338. The highest BCUT2D eigenvalue weighted by atomic mass is 35.5. The van der Waals surface area contributed by atoms with Crippen LogP contribution in [0.4, 0.5) is 5.69 Å². The van der Waals surface area contributed by atoms with Crippen LogP contribution < -0.4 is 10.9 Å². The van der Waals surface area contributed by atoms with Crippen LogP contribution in [-0.2, 0) is 6.54 Å². The third-order valence-corrected chi connectivity index (χ3v) is 3.60. The van der Waals surface area contributed by atoms with E-state index in [4.69, 9.17) is 11.6 Å². The molecule has 1 aliphatic carbocycles. The smallest absolute Gasteiger partial charge is 0.287 e. The third kappa shape index (κ3) is 2.57. The molecule has 0 saturated heterocycles. The number of allylic oxidation sites excluding steroid dienone is 1. The van der Waals surface area contributed by atoms with E-state index in [1.165, 1.54) is 10.9 Å². The van der Waals surface area contributed by atoms with Gasteiger partial charge in [-0.05, 0) is 12.8 Å². The number of anilines is 1. The van der Waals surface area contributed by atoms with Gasteiger partial charge in [0.15, 0.2) is 0 Å². The predicted octanol–water partition coefficient (Wildman–Crippen LogP) is 1.27. The van der Waals surface area contributed by atoms with E-state index < -0.39 is 0 Å². The predicted molar refractivity (Wildman–Crippen MR) is 70.9 cm³/mol. The monoisotopic (exact) mass is 269 g/mol. The SMILES string of the molecule is C=CCn1ncc(NCC2(CO)CC2)c(Cl)c1=O. The summed E-state index contributed by atoms with van der Waals surface area (Å²) in [6.45, 7) is 4.64. The van der Waals surface area contributed by atoms with E-state index >= 15 is 0 Å². The quantitative estimate of drug-likeness (QED) is 0.763. The maximum Gasteiger partial charge on any atom is 0.287 e. The summed E-state index contributed by atoms with van der Waals surface area (Å²) in [6.07, 6.45) is 5.10. The largest absolute Gasteiger partial charge is 0.396 e. The summed E-state index contributed by atoms with van der Waals surface area (Å²) < 4.78 is 1.25. The van der Waals surface area contributed by atoms with Crippen molar-refractivity contribution in [1.29, 1.82) is 0 Å². The molecule has 1 fully saturated rings. The van der Waals surface area contributed by atoms with E-state index in [2.05, 4.69) is 17.0 Å². The second kappa shape index (κ2) is 5.12. The van der Waals surface area contributed by atoms with Gasteiger partial charge in [-0.25, -0.2) is 4.68 Å². The molecule has 0 spiro atoms. The van der Waals surface area contributed by atoms with Crippen LogP contribution in [0, 0.1) is 5.41 Å². The molecule has 0 bridgehead atoms. The first-order valence-corrected chi connectivity index (χ1v) is 6.21. The first-order valence-electron chi connectivity index (χ1n) is 5.83. The van der Waals surface area contributed by atoms with Crippen LogP contribution in [-0.4, -0.2) is 28.0 Å². The lowest BCUT2D eigenvalue weighted by atomic mass is 10.1. The molecule has 18 heavy (non-hydrogen) atoms. The summed E-state index contributed by atoms with van der Waals surface area (Å²) in [6, 6.07) is 0. The van der Waals surface area contributed by atoms with Gasteiger partial charge in [-0.2, -0.15) is 5.10 Å². The Labute approximate surface area is 110 Å². The maximum atomic E-state index is 11.8. The number of aromatic nitrogens is 2. The lowest BCUT2D eigenvalue weighted by molar-refractivity contribution is 0.220. The number of hydrogen-bond acceptors (Lipinski definition) is 4. The Hall–Kier alpha value is -1.33. The van der Waals surface area contributed by atoms with Crippen LogP contribution in [0.15, 0.2) is 23.6 Å². The molecule has 0 aliphatic heterocycles. The standard InChI is InChI=1S/C12H16ClN3O2/c1-2-5-16-11(18)10(13)9(6-15-16)14-7-12(8-17)3-4-12/h2,6,14,17H,1,3-5,7-8H2. The van der Waals surface area contributed by atoms with Gasteiger partial charge in [0.1, 0.15) is 5.02 Å². The highest BCUT2D eigenvalue weighted by molar-refractivity contribution is 6.32. The lowest BCUT2D eigenvalue weighted by Crippen LogP contribution is -2.25. The highest BCUT2D eigenvalue weighted by Crippen LogP contribution is 2.45. The summed E-state index contributed by atoms with van der Waals surface area (Å²) in [4.78, 5) is 11.8. The number of halogens is 1. The Morgan fingerprint density at radius 2 is 2.39 bits per heavy atom. The van der Waals surface area contributed by atoms with Gasteiger partial charge in [0.2, 0.25) is 0 Å². The molecule has 0 aromatic carbocycles. The van der Waals surface area contributed by atoms with E-state index in [1.54, 1.807) is 6.08 Å². The maximum absolute atomic E-state index is 11.8. The number of nitrogens with zero attached hydrogens (tertiary/aromatic N) is 2. The number of aliphatic hydroxyl groups is 1. The molecule has 1 aromatic heterocycles. The van der Waals surface area contributed by atoms with Crippen LogP contribution in [0.1, 0.15) is 12.8 Å². The van der Waals surface area contributed by atoms with Gasteiger partial charge in [-0.15, -0.1) is 6.58 Å². The van der Waals surface area contributed by atoms with E-state index in [-0.39, 0.29) is 22.6 Å². The summed E-state index contributed by atoms with van der Waals surface area (Å²) >= 11 is 5.99. The van der Waals surface area contributed by atoms with Crippen molar-refractivity contribution in [2.24, 2.45) is 5.41 Å². The Kier molecular flexibility index (Phi) is 3.73. The van der Waals surface area contributed by atoms with Crippen molar-refractivity contribution in [1.82, 2.24) is 9.78 Å². The van der Waals surface area contributed by atoms with Crippen molar-refractivity contribution in [3.63, 3.8) is 0 Å². The molecule has 1 saturated carbocycles. The fourth-order valence-electron chi connectivity index (χ4n) is 1.69. The second-order valence-electron chi connectivity index (χ2n) is 4.66. The summed E-state index contributed by atoms with van der Waals surface area (Å²) in [5.41, 5.74) is 0.136. The van der Waals surface area contributed by atoms with E-state index in [9.17, 15) is 9.90 Å². The molecule has 6 heteroatoms. The molecule has 0 unspecified atom stereocenters. The Balaban J connectivity index is 2.12.